The van der Waals surface area contributed by atoms with E-state index in [1.807, 2.05) is 0 Å². The lowest BCUT2D eigenvalue weighted by molar-refractivity contribution is -0.137. The van der Waals surface area contributed by atoms with Crippen LogP contribution >= 0.6 is 0 Å². The highest BCUT2D eigenvalue weighted by molar-refractivity contribution is 7.91. The van der Waals surface area contributed by atoms with Crippen molar-refractivity contribution >= 4 is 22.4 Å². The average molecular weight is 268 g/mol. The second kappa shape index (κ2) is 4.32. The van der Waals surface area contributed by atoms with Gasteiger partial charge in [-0.05, 0) is 6.07 Å². The molecule has 0 radical (unpaired) electrons. The van der Waals surface area contributed by atoms with Gasteiger partial charge in [0.25, 0.3) is 0 Å². The Morgan fingerprint density at radius 3 is 2.12 bits per heavy atom. The van der Waals surface area contributed by atoms with Crippen LogP contribution in [0.3, 0.4) is 0 Å². The highest BCUT2D eigenvalue weighted by Crippen LogP contribution is 2.30. The average Bonchev–Trinajstić information content (AvgIpc) is 2.14. The van der Waals surface area contributed by atoms with Crippen molar-refractivity contribution in [2.45, 2.75) is 11.1 Å². The van der Waals surface area contributed by atoms with Gasteiger partial charge in [-0.3, -0.25) is 0 Å². The fourth-order valence-corrected chi connectivity index (χ4v) is 2.19. The first-order valence-corrected chi connectivity index (χ1v) is 6.20. The van der Waals surface area contributed by atoms with E-state index in [1.165, 1.54) is 0 Å². The van der Waals surface area contributed by atoms with Crippen molar-refractivity contribution in [3.63, 3.8) is 0 Å². The van der Waals surface area contributed by atoms with E-state index >= 15 is 0 Å². The molecule has 0 aromatic heterocycles. The molecule has 0 aliphatic carbocycles. The molecule has 94 valence electrons. The third-order valence-corrected chi connectivity index (χ3v) is 3.17. The van der Waals surface area contributed by atoms with Gasteiger partial charge in [0, 0.05) is 11.7 Å². The van der Waals surface area contributed by atoms with Crippen LogP contribution in [-0.2, 0) is 16.0 Å². The molecular formula is C8H8BF3O4S. The quantitative estimate of drug-likeness (QED) is 0.728. The van der Waals surface area contributed by atoms with E-state index in [0.29, 0.717) is 18.4 Å². The maximum Gasteiger partial charge on any atom is 0.489 e. The van der Waals surface area contributed by atoms with Gasteiger partial charge in [-0.1, -0.05) is 12.1 Å². The molecule has 1 aromatic carbocycles. The van der Waals surface area contributed by atoms with Gasteiger partial charge in [-0.2, -0.15) is 13.2 Å². The lowest BCUT2D eigenvalue weighted by Gasteiger charge is -2.11. The standard InChI is InChI=1S/C8H8BF3O4S/c1-17(15,16)7-4-5(8(10,11)12)2-3-6(7)9(13)14/h2-4,13-14H,1H3. The maximum atomic E-state index is 12.4. The SMILES string of the molecule is CS(=O)(=O)c1cc(C(F)(F)F)ccc1B(O)O. The Morgan fingerprint density at radius 2 is 1.76 bits per heavy atom. The Morgan fingerprint density at radius 1 is 1.24 bits per heavy atom. The molecule has 0 fully saturated rings. The van der Waals surface area contributed by atoms with E-state index in [9.17, 15) is 21.6 Å². The van der Waals surface area contributed by atoms with Crippen molar-refractivity contribution in [2.24, 2.45) is 0 Å². The monoisotopic (exact) mass is 268 g/mol. The summed E-state index contributed by atoms with van der Waals surface area (Å²) in [6, 6.07) is 1.69. The van der Waals surface area contributed by atoms with Gasteiger partial charge in [0.1, 0.15) is 0 Å². The van der Waals surface area contributed by atoms with E-state index in [4.69, 9.17) is 10.0 Å². The second-order valence-electron chi connectivity index (χ2n) is 3.40. The fourth-order valence-electron chi connectivity index (χ4n) is 1.25. The Kier molecular flexibility index (Phi) is 3.56. The van der Waals surface area contributed by atoms with Gasteiger partial charge >= 0.3 is 13.3 Å². The highest BCUT2D eigenvalue weighted by Gasteiger charge is 2.33. The van der Waals surface area contributed by atoms with Crippen LogP contribution in [0.2, 0.25) is 0 Å². The smallest absolute Gasteiger partial charge is 0.423 e. The molecule has 0 bridgehead atoms. The molecule has 0 aliphatic rings. The number of alkyl halides is 3. The molecule has 0 amide bonds. The summed E-state index contributed by atoms with van der Waals surface area (Å²) < 4.78 is 59.6. The molecule has 1 aromatic rings. The molecule has 4 nitrogen and oxygen atoms in total. The van der Waals surface area contributed by atoms with Crippen molar-refractivity contribution in [2.75, 3.05) is 6.26 Å². The van der Waals surface area contributed by atoms with Crippen molar-refractivity contribution in [1.29, 1.82) is 0 Å². The Bertz CT molecular complexity index is 524. The summed E-state index contributed by atoms with van der Waals surface area (Å²) in [6.07, 6.45) is -4.01. The number of hydrogen-bond acceptors (Lipinski definition) is 4. The number of hydrogen-bond donors (Lipinski definition) is 2. The minimum atomic E-state index is -4.70. The highest BCUT2D eigenvalue weighted by atomic mass is 32.2. The summed E-state index contributed by atoms with van der Waals surface area (Å²) >= 11 is 0. The molecular weight excluding hydrogens is 260 g/mol. The minimum Gasteiger partial charge on any atom is -0.423 e. The van der Waals surface area contributed by atoms with Gasteiger partial charge in [0.05, 0.1) is 10.5 Å². The van der Waals surface area contributed by atoms with E-state index in [1.54, 1.807) is 0 Å². The van der Waals surface area contributed by atoms with Gasteiger partial charge in [-0.25, -0.2) is 8.42 Å². The number of halogens is 3. The van der Waals surface area contributed by atoms with Gasteiger partial charge in [-0.15, -0.1) is 0 Å². The Balaban J connectivity index is 3.52. The van der Waals surface area contributed by atoms with E-state index in [-0.39, 0.29) is 0 Å². The normalized spacial score (nSPS) is 12.6. The molecule has 0 unspecified atom stereocenters. The first-order chi connectivity index (χ1) is 7.53. The van der Waals surface area contributed by atoms with Gasteiger partial charge < -0.3 is 10.0 Å². The summed E-state index contributed by atoms with van der Waals surface area (Å²) in [7, 11) is -6.13. The van der Waals surface area contributed by atoms with E-state index < -0.39 is 39.1 Å². The predicted molar refractivity (Wildman–Crippen MR) is 54.4 cm³/mol. The summed E-state index contributed by atoms with van der Waals surface area (Å²) in [5.74, 6) is 0. The minimum absolute atomic E-state index is 0.379. The summed E-state index contributed by atoms with van der Waals surface area (Å²) in [6.45, 7) is 0. The molecule has 0 heterocycles. The first-order valence-electron chi connectivity index (χ1n) is 4.31. The Labute approximate surface area is 95.8 Å². The summed E-state index contributed by atoms with van der Waals surface area (Å²) in [5, 5.41) is 17.7. The van der Waals surface area contributed by atoms with Crippen molar-refractivity contribution in [3.05, 3.63) is 23.8 Å². The largest absolute Gasteiger partial charge is 0.489 e. The Hall–Kier alpha value is -1.06. The lowest BCUT2D eigenvalue weighted by Crippen LogP contribution is -2.34. The van der Waals surface area contributed by atoms with Crippen LogP contribution in [0.4, 0.5) is 13.2 Å². The number of benzene rings is 1. The summed E-state index contributed by atoms with van der Waals surface area (Å²) in [5.41, 5.74) is -1.65. The first kappa shape index (κ1) is 14.0. The van der Waals surface area contributed by atoms with E-state index in [2.05, 4.69) is 0 Å². The fraction of sp³-hybridized carbons (Fsp3) is 0.250. The zero-order chi connectivity index (χ0) is 13.4. The third-order valence-electron chi connectivity index (χ3n) is 2.02. The topological polar surface area (TPSA) is 74.6 Å². The lowest BCUT2D eigenvalue weighted by atomic mass is 9.80. The second-order valence-corrected chi connectivity index (χ2v) is 5.38. The van der Waals surface area contributed by atoms with Gasteiger partial charge in [0.15, 0.2) is 9.84 Å². The van der Waals surface area contributed by atoms with Crippen LogP contribution in [0.1, 0.15) is 5.56 Å². The molecule has 17 heavy (non-hydrogen) atoms. The van der Waals surface area contributed by atoms with Crippen molar-refractivity contribution in [3.8, 4) is 0 Å². The molecule has 0 saturated heterocycles. The zero-order valence-corrected chi connectivity index (χ0v) is 9.38. The van der Waals surface area contributed by atoms with E-state index in [0.717, 1.165) is 6.07 Å². The van der Waals surface area contributed by atoms with Gasteiger partial charge in [0.2, 0.25) is 0 Å². The zero-order valence-electron chi connectivity index (χ0n) is 8.56. The predicted octanol–water partition coefficient (Wildman–Crippen LogP) is -0.211. The molecule has 2 N–H and O–H groups in total. The van der Waals surface area contributed by atoms with Crippen LogP contribution in [-0.4, -0.2) is 31.8 Å². The number of sulfone groups is 1. The molecule has 0 saturated carbocycles. The number of rotatable bonds is 2. The molecule has 0 spiro atoms. The van der Waals surface area contributed by atoms with Crippen LogP contribution in [0, 0.1) is 0 Å². The molecule has 0 atom stereocenters. The molecule has 1 rings (SSSR count). The maximum absolute atomic E-state index is 12.4. The van der Waals surface area contributed by atoms with Crippen molar-refractivity contribution in [1.82, 2.24) is 0 Å². The third kappa shape index (κ3) is 3.21. The van der Waals surface area contributed by atoms with Crippen LogP contribution in [0.15, 0.2) is 23.1 Å². The van der Waals surface area contributed by atoms with Crippen molar-refractivity contribution < 1.29 is 31.6 Å². The molecule has 9 heteroatoms. The van der Waals surface area contributed by atoms with Crippen LogP contribution < -0.4 is 5.46 Å². The van der Waals surface area contributed by atoms with Crippen LogP contribution in [0.5, 0.6) is 0 Å². The molecule has 0 aliphatic heterocycles. The van der Waals surface area contributed by atoms with Crippen LogP contribution in [0.25, 0.3) is 0 Å². The summed E-state index contributed by atoms with van der Waals surface area (Å²) in [4.78, 5) is -0.748.